The molecule has 0 saturated carbocycles. The SMILES string of the molecule is CCC(C)C(CC(C)(C)C)C(=O)Nc1ncnc2c1c(C(C)=O)cn2[C@@H]1O[C@H](COC)C(O)[C@@H]1O.COC[C@H]1O[C@@H](n2cc(C(C)=O)c3c(NC(=O)C(CC(C)(C)C)C(C)C)ncnc32)[C@@H](O)C1O.COC[C@H]1O[C@@H](n2cc(C)c3c(NC(=O)C(C)(C)CC(C)(C)C)ncnc32)[C@@H](OC(C)=O)C1OC(C)=O.COC[C@H]1O[C@@H](n2cc(C)c3c(NC(=O)C(CC(C)C)CC(C)(C)C)ncnc32)[C@@H](OC(C)=O)C1OC(C)=O. The molecule has 4 saturated heterocycles. The minimum absolute atomic E-state index is 0.0140. The van der Waals surface area contributed by atoms with Gasteiger partial charge in [0, 0.05) is 115 Å². The molecule has 8 N–H and O–H groups in total. The molecule has 0 spiro atoms. The number of esters is 4. The monoisotopic (exact) mass is 2030 g/mol. The van der Waals surface area contributed by atoms with Crippen molar-refractivity contribution in [2.24, 2.45) is 62.6 Å². The van der Waals surface area contributed by atoms with Crippen LogP contribution in [0.25, 0.3) is 44.1 Å². The van der Waals surface area contributed by atoms with Crippen molar-refractivity contribution >= 4 is 126 Å². The van der Waals surface area contributed by atoms with Crippen LogP contribution in [0.2, 0.25) is 0 Å². The second kappa shape index (κ2) is 49.3. The Bertz CT molecular complexity index is 5860. The third kappa shape index (κ3) is 29.6. The van der Waals surface area contributed by atoms with Gasteiger partial charge in [-0.05, 0) is 110 Å². The molecule has 12 heterocycles. The number of hydrogen-bond acceptors (Lipinski definition) is 34. The number of Topliss-reactive ketones (excluding diaryl/α,β-unsaturated/α-hetero) is 2. The number of anilines is 4. The maximum Gasteiger partial charge on any atom is 0.303 e. The molecular weight excluding hydrogens is 1880 g/mol. The van der Waals surface area contributed by atoms with Gasteiger partial charge in [-0.1, -0.05) is 145 Å². The summed E-state index contributed by atoms with van der Waals surface area (Å²) >= 11 is 0. The number of nitrogens with zero attached hydrogens (tertiary/aromatic N) is 12. The second-order valence-corrected chi connectivity index (χ2v) is 44.5. The fraction of sp³-hybridized carbons (Fsp3) is 0.670. The molecule has 0 radical (unpaired) electrons. The summed E-state index contributed by atoms with van der Waals surface area (Å²) in [5.74, 6) is -2.08. The van der Waals surface area contributed by atoms with Crippen LogP contribution >= 0.6 is 0 Å². The number of aliphatic hydroxyl groups excluding tert-OH is 4. The Hall–Kier alpha value is -10.9. The molecule has 4 fully saturated rings. The molecule has 145 heavy (non-hydrogen) atoms. The van der Waals surface area contributed by atoms with Crippen LogP contribution in [0.4, 0.5) is 23.3 Å². The van der Waals surface area contributed by atoms with E-state index in [1.54, 1.807) is 21.5 Å². The lowest BCUT2D eigenvalue weighted by molar-refractivity contribution is -0.165. The van der Waals surface area contributed by atoms with E-state index in [4.69, 9.17) is 56.8 Å². The van der Waals surface area contributed by atoms with Crippen LogP contribution in [-0.2, 0) is 95.2 Å². The van der Waals surface area contributed by atoms with Crippen molar-refractivity contribution in [1.82, 2.24) is 58.1 Å². The van der Waals surface area contributed by atoms with Crippen molar-refractivity contribution in [1.29, 1.82) is 0 Å². The van der Waals surface area contributed by atoms with Gasteiger partial charge in [0.15, 0.2) is 60.9 Å². The second-order valence-electron chi connectivity index (χ2n) is 44.5. The molecule has 8 unspecified atom stereocenters. The molecule has 20 atom stereocenters. The summed E-state index contributed by atoms with van der Waals surface area (Å²) in [6.07, 6.45) is 1.27. The van der Waals surface area contributed by atoms with E-state index in [0.29, 0.717) is 80.9 Å². The van der Waals surface area contributed by atoms with Gasteiger partial charge >= 0.3 is 23.9 Å². The van der Waals surface area contributed by atoms with Crippen molar-refractivity contribution in [2.75, 3.05) is 76.1 Å². The van der Waals surface area contributed by atoms with Crippen LogP contribution in [0, 0.1) is 76.4 Å². The van der Waals surface area contributed by atoms with Gasteiger partial charge < -0.3 is 117 Å². The van der Waals surface area contributed by atoms with Crippen LogP contribution in [-0.4, -0.2) is 266 Å². The van der Waals surface area contributed by atoms with Gasteiger partial charge in [0.25, 0.3) is 0 Å². The van der Waals surface area contributed by atoms with Crippen LogP contribution < -0.4 is 21.3 Å². The Labute approximate surface area is 847 Å². The molecule has 42 heteroatoms. The molecule has 0 aromatic carbocycles. The normalized spacial score (nSPS) is 23.2. The maximum atomic E-state index is 13.5. The Morgan fingerprint density at radius 2 is 0.697 bits per heavy atom. The molecular formula is C103H154N16O26. The molecule has 8 aromatic heterocycles. The van der Waals surface area contributed by atoms with Crippen LogP contribution in [0.5, 0.6) is 0 Å². The standard InChI is InChI=1S/C28H42N4O7.C26H38N4O7.C25H38N4O6.C24H36N4O6/c1-15(2)10-19(11-28(6,7)8)26(35)31-24-21-16(3)12-32(25(21)30-14-29-24)27-23(38-18(5)34)22(37-17(4)33)20(39-27)13-36-9;1-14-10-30(23-20(36-16(3)32)19(35-15(2)31)17(37-23)11-34-9)22-18(14)21(27-13-28-22)29-24(33)26(7,8)12-25(4,5)6;1-8-13(2)15(9-25(4,5)6)23(33)28-21-18-16(14(3)30)10-29(22(18)27-12-26-21)24-20(32)19(31)17(35-24)11-34-7;1-12(2)14(8-24(4,5)6)22(32)27-20-17-15(13(3)29)9-28(21(17)26-11-25-20)23-19(31)18(30)16(34-23)10-33-7/h12,14-15,19-20,22-23,27H,10-11,13H2,1-9H3,(H,29,30,31,35);10,13,17,19-20,23H,11-12H2,1-9H3,(H,27,28,29,33);10,12-13,15,17,19-20,24,31-32H,8-9,11H2,1-7H3,(H,26,27,28,33);9,11-12,14,16,18-19,23,30-31H,8,10H2,1-7H3,(H,25,26,27,32)/t19?,20-,22?,23+,27-;17-,19?,20+,23-;13?,15?,17-,19?,20+,24-;14?,16-,18?,19+,23-/m1111/s1. The smallest absolute Gasteiger partial charge is 0.303 e. The molecule has 42 nitrogen and oxygen atoms in total. The first-order valence-corrected chi connectivity index (χ1v) is 49.2. The Kier molecular flexibility index (Phi) is 40.0. The third-order valence-corrected chi connectivity index (χ3v) is 25.5. The van der Waals surface area contributed by atoms with Gasteiger partial charge in [-0.25, -0.2) is 39.9 Å². The fourth-order valence-corrected chi connectivity index (χ4v) is 19.4. The Balaban J connectivity index is 0.000000216. The van der Waals surface area contributed by atoms with E-state index in [0.717, 1.165) is 30.4 Å². The number of amides is 4. The molecule has 0 bridgehead atoms. The average Bonchev–Trinajstić information content (AvgIpc) is 1.61. The summed E-state index contributed by atoms with van der Waals surface area (Å²) in [5.41, 5.74) is 2.93. The summed E-state index contributed by atoms with van der Waals surface area (Å²) in [4.78, 5) is 161. The highest BCUT2D eigenvalue weighted by Gasteiger charge is 2.54. The highest BCUT2D eigenvalue weighted by molar-refractivity contribution is 6.13. The van der Waals surface area contributed by atoms with Gasteiger partial charge in [-0.15, -0.1) is 0 Å². The lowest BCUT2D eigenvalue weighted by atomic mass is 9.76. The maximum absolute atomic E-state index is 13.5. The average molecular weight is 2030 g/mol. The van der Waals surface area contributed by atoms with Crippen molar-refractivity contribution in [2.45, 2.75) is 331 Å². The number of aromatic nitrogens is 12. The number of carbonyl (C=O) groups is 10. The summed E-state index contributed by atoms with van der Waals surface area (Å²) in [5, 5.41) is 55.9. The molecule has 12 rings (SSSR count). The zero-order valence-electron chi connectivity index (χ0n) is 90.0. The lowest BCUT2D eigenvalue weighted by Crippen LogP contribution is -2.40. The predicted molar refractivity (Wildman–Crippen MR) is 538 cm³/mol. The molecule has 4 aliphatic heterocycles. The Morgan fingerprint density at radius 1 is 0.386 bits per heavy atom. The molecule has 4 aliphatic rings. The van der Waals surface area contributed by atoms with Crippen molar-refractivity contribution < 1.29 is 125 Å². The number of carbonyl (C=O) groups excluding carboxylic acids is 10. The Morgan fingerprint density at radius 3 is 1.02 bits per heavy atom. The topological polar surface area (TPSA) is 533 Å². The number of fused-ring (bicyclic) bond motifs is 4. The van der Waals surface area contributed by atoms with E-state index in [1.807, 2.05) is 41.5 Å². The number of nitrogens with one attached hydrogen (secondary N) is 4. The van der Waals surface area contributed by atoms with Crippen molar-refractivity contribution in [3.8, 4) is 0 Å². The van der Waals surface area contributed by atoms with E-state index in [-0.39, 0.29) is 136 Å². The summed E-state index contributed by atoms with van der Waals surface area (Å²) in [6.45, 7) is 53.5. The first-order chi connectivity index (χ1) is 67.6. The van der Waals surface area contributed by atoms with Crippen molar-refractivity contribution in [3.63, 3.8) is 0 Å². The summed E-state index contributed by atoms with van der Waals surface area (Å²) in [7, 11) is 5.96. The fourth-order valence-electron chi connectivity index (χ4n) is 19.4. The van der Waals surface area contributed by atoms with Crippen molar-refractivity contribution in [3.05, 3.63) is 72.4 Å². The third-order valence-electron chi connectivity index (χ3n) is 25.5. The highest BCUT2D eigenvalue weighted by Crippen LogP contribution is 2.46. The zero-order chi connectivity index (χ0) is 108. The van der Waals surface area contributed by atoms with Crippen LogP contribution in [0.3, 0.4) is 0 Å². The zero-order valence-corrected chi connectivity index (χ0v) is 90.0. The van der Waals surface area contributed by atoms with Crippen LogP contribution in [0.1, 0.15) is 275 Å². The number of aryl methyl sites for hydroxylation is 2. The molecule has 8 aromatic rings. The van der Waals surface area contributed by atoms with Gasteiger partial charge in [-0.3, -0.25) is 47.9 Å². The lowest BCUT2D eigenvalue weighted by Gasteiger charge is -2.31. The first-order valence-electron chi connectivity index (χ1n) is 49.2. The van der Waals surface area contributed by atoms with Gasteiger partial charge in [0.05, 0.1) is 48.0 Å². The van der Waals surface area contributed by atoms with Gasteiger partial charge in [0.1, 0.15) is 120 Å². The number of ketones is 2. The quantitative estimate of drug-likeness (QED) is 0.0104. The van der Waals surface area contributed by atoms with E-state index in [9.17, 15) is 68.4 Å². The summed E-state index contributed by atoms with van der Waals surface area (Å²) in [6, 6.07) is 0. The van der Waals surface area contributed by atoms with Crippen LogP contribution in [0.15, 0.2) is 50.1 Å². The van der Waals surface area contributed by atoms with E-state index in [2.05, 4.69) is 172 Å². The number of aliphatic hydroxyl groups is 4. The van der Waals surface area contributed by atoms with E-state index >= 15 is 0 Å². The minimum atomic E-state index is -1.26. The number of ether oxygens (including phenoxy) is 12. The molecule has 4 amide bonds. The molecule has 0 aliphatic carbocycles. The molecule has 802 valence electrons. The van der Waals surface area contributed by atoms with E-state index in [1.165, 1.54) is 117 Å². The number of rotatable bonds is 35. The summed E-state index contributed by atoms with van der Waals surface area (Å²) < 4.78 is 73.4. The largest absolute Gasteiger partial charge is 0.456 e. The first kappa shape index (κ1) is 118. The number of methoxy groups -OCH3 is 4. The number of hydrogen-bond donors (Lipinski definition) is 8. The van der Waals surface area contributed by atoms with Gasteiger partial charge in [-0.2, -0.15) is 0 Å². The highest BCUT2D eigenvalue weighted by atomic mass is 16.7. The predicted octanol–water partition coefficient (Wildman–Crippen LogP) is 13.2. The van der Waals surface area contributed by atoms with E-state index < -0.39 is 127 Å². The minimum Gasteiger partial charge on any atom is -0.456 e. The van der Waals surface area contributed by atoms with Gasteiger partial charge in [0.2, 0.25) is 23.6 Å².